The SMILES string of the molecule is C=C/C=C(\C=C)CN(C)C(=O)C(c1ccncc1C)N(CC1CCC(F)(F)C1)C(=O)CCc1ccc(O)cc1.CC. The molecule has 2 aromatic rings. The monoisotopic (exact) mass is 567 g/mol. The fraction of sp³-hybridized carbons (Fsp3) is 0.424. The Bertz CT molecular complexity index is 1210. The number of hydrogen-bond acceptors (Lipinski definition) is 4. The molecular weight excluding hydrogens is 524 g/mol. The standard InChI is InChI=1S/C31H37F2N3O3.C2H6/c1-5-7-23(6-2)20-35(4)30(39)29(27-15-17-34-19-22(27)3)36(21-25-14-16-31(32,33)18-25)28(38)13-10-24-8-11-26(37)12-9-24;1-2/h5-9,11-12,15,17,19,25,29,37H,1-2,10,13-14,16,18,20-21H2,3-4H3;1-2H3/b23-7+;. The summed E-state index contributed by atoms with van der Waals surface area (Å²) in [4.78, 5) is 35.0. The van der Waals surface area contributed by atoms with Crippen molar-refractivity contribution in [2.24, 2.45) is 5.92 Å². The number of rotatable bonds is 12. The average molecular weight is 568 g/mol. The Morgan fingerprint density at radius 3 is 2.44 bits per heavy atom. The van der Waals surface area contributed by atoms with E-state index in [1.54, 1.807) is 68.0 Å². The number of nitrogens with zero attached hydrogens (tertiary/aromatic N) is 3. The molecule has 0 spiro atoms. The molecule has 1 N–H and O–H groups in total. The number of carbonyl (C=O) groups excluding carboxylic acids is 2. The van der Waals surface area contributed by atoms with Gasteiger partial charge in [0.15, 0.2) is 0 Å². The van der Waals surface area contributed by atoms with Gasteiger partial charge in [0.05, 0.1) is 0 Å². The first-order chi connectivity index (χ1) is 19.5. The maximum atomic E-state index is 14.1. The number of aromatic hydroxyl groups is 1. The second-order valence-electron chi connectivity index (χ2n) is 10.2. The first kappa shape index (κ1) is 33.4. The van der Waals surface area contributed by atoms with Gasteiger partial charge in [-0.25, -0.2) is 8.78 Å². The molecule has 8 heteroatoms. The zero-order valence-electron chi connectivity index (χ0n) is 24.7. The highest BCUT2D eigenvalue weighted by Crippen LogP contribution is 2.40. The van der Waals surface area contributed by atoms with Gasteiger partial charge in [-0.3, -0.25) is 14.6 Å². The fourth-order valence-corrected chi connectivity index (χ4v) is 5.01. The van der Waals surface area contributed by atoms with Crippen LogP contribution in [-0.4, -0.2) is 57.8 Å². The molecule has 41 heavy (non-hydrogen) atoms. The van der Waals surface area contributed by atoms with Crippen molar-refractivity contribution in [3.63, 3.8) is 0 Å². The molecule has 2 atom stereocenters. The van der Waals surface area contributed by atoms with Gasteiger partial charge in [-0.05, 0) is 66.1 Å². The number of allylic oxidation sites excluding steroid dienone is 2. The van der Waals surface area contributed by atoms with Crippen molar-refractivity contribution in [2.45, 2.75) is 64.8 Å². The van der Waals surface area contributed by atoms with Gasteiger partial charge in [-0.2, -0.15) is 0 Å². The first-order valence-corrected chi connectivity index (χ1v) is 14.1. The number of alkyl halides is 2. The van der Waals surface area contributed by atoms with E-state index < -0.39 is 17.9 Å². The Labute approximate surface area is 243 Å². The van der Waals surface area contributed by atoms with Crippen LogP contribution in [-0.2, 0) is 16.0 Å². The number of pyridine rings is 1. The van der Waals surface area contributed by atoms with E-state index in [0.717, 1.165) is 16.7 Å². The van der Waals surface area contributed by atoms with Crippen LogP contribution in [0.25, 0.3) is 0 Å². The van der Waals surface area contributed by atoms with E-state index in [4.69, 9.17) is 0 Å². The lowest BCUT2D eigenvalue weighted by Crippen LogP contribution is -2.46. The summed E-state index contributed by atoms with van der Waals surface area (Å²) >= 11 is 0. The van der Waals surface area contributed by atoms with E-state index in [2.05, 4.69) is 18.1 Å². The summed E-state index contributed by atoms with van der Waals surface area (Å²) in [7, 11) is 1.65. The van der Waals surface area contributed by atoms with Crippen molar-refractivity contribution >= 4 is 11.8 Å². The molecule has 0 aliphatic heterocycles. The van der Waals surface area contributed by atoms with E-state index in [1.807, 2.05) is 20.8 Å². The third-order valence-corrected chi connectivity index (χ3v) is 7.14. The van der Waals surface area contributed by atoms with Crippen molar-refractivity contribution < 1.29 is 23.5 Å². The summed E-state index contributed by atoms with van der Waals surface area (Å²) in [6.45, 7) is 13.6. The van der Waals surface area contributed by atoms with Gasteiger partial charge < -0.3 is 14.9 Å². The van der Waals surface area contributed by atoms with Gasteiger partial charge in [0.2, 0.25) is 17.7 Å². The molecule has 1 fully saturated rings. The lowest BCUT2D eigenvalue weighted by Gasteiger charge is -2.36. The topological polar surface area (TPSA) is 73.7 Å². The van der Waals surface area contributed by atoms with Crippen LogP contribution in [0.4, 0.5) is 8.78 Å². The van der Waals surface area contributed by atoms with Crippen molar-refractivity contribution in [2.75, 3.05) is 20.1 Å². The molecule has 6 nitrogen and oxygen atoms in total. The number of hydrogen-bond donors (Lipinski definition) is 1. The minimum Gasteiger partial charge on any atom is -0.508 e. The number of halogens is 2. The Morgan fingerprint density at radius 2 is 1.88 bits per heavy atom. The van der Waals surface area contributed by atoms with Gasteiger partial charge >= 0.3 is 0 Å². The molecule has 0 radical (unpaired) electrons. The highest BCUT2D eigenvalue weighted by Gasteiger charge is 2.42. The minimum atomic E-state index is -2.78. The normalized spacial score (nSPS) is 16.6. The second-order valence-corrected chi connectivity index (χ2v) is 10.2. The number of carbonyl (C=O) groups is 2. The van der Waals surface area contributed by atoms with E-state index in [1.165, 1.54) is 9.80 Å². The Hall–Kier alpha value is -3.81. The van der Waals surface area contributed by atoms with Crippen LogP contribution in [0.15, 0.2) is 79.7 Å². The number of aromatic nitrogens is 1. The molecule has 0 saturated heterocycles. The number of likely N-dealkylation sites (N-methyl/N-ethyl adjacent to an activating group) is 1. The van der Waals surface area contributed by atoms with Crippen LogP contribution >= 0.6 is 0 Å². The van der Waals surface area contributed by atoms with Crippen LogP contribution in [0.3, 0.4) is 0 Å². The Kier molecular flexibility index (Phi) is 12.9. The predicted octanol–water partition coefficient (Wildman–Crippen LogP) is 6.82. The molecule has 2 amide bonds. The van der Waals surface area contributed by atoms with Gasteiger partial charge in [-0.15, -0.1) is 0 Å². The highest BCUT2D eigenvalue weighted by atomic mass is 19.3. The molecule has 1 aromatic carbocycles. The van der Waals surface area contributed by atoms with Crippen molar-refractivity contribution in [3.05, 3.63) is 96.4 Å². The molecule has 1 aromatic heterocycles. The average Bonchev–Trinajstić information content (AvgIpc) is 3.31. The number of phenols is 1. The minimum absolute atomic E-state index is 0.0484. The van der Waals surface area contributed by atoms with Crippen molar-refractivity contribution in [3.8, 4) is 5.75 Å². The van der Waals surface area contributed by atoms with Crippen molar-refractivity contribution in [1.29, 1.82) is 0 Å². The molecule has 1 aliphatic carbocycles. The van der Waals surface area contributed by atoms with Crippen LogP contribution in [0.1, 0.15) is 62.3 Å². The number of amides is 2. The molecule has 1 aliphatic rings. The van der Waals surface area contributed by atoms with Crippen LogP contribution < -0.4 is 0 Å². The largest absolute Gasteiger partial charge is 0.508 e. The predicted molar refractivity (Wildman–Crippen MR) is 160 cm³/mol. The van der Waals surface area contributed by atoms with Crippen LogP contribution in [0, 0.1) is 12.8 Å². The van der Waals surface area contributed by atoms with Crippen molar-refractivity contribution in [1.82, 2.24) is 14.8 Å². The van der Waals surface area contributed by atoms with Gasteiger partial charge in [0.25, 0.3) is 0 Å². The lowest BCUT2D eigenvalue weighted by atomic mass is 9.97. The zero-order chi connectivity index (χ0) is 30.6. The molecular formula is C33H43F2N3O3. The van der Waals surface area contributed by atoms with Gasteiger partial charge in [-0.1, -0.05) is 57.4 Å². The van der Waals surface area contributed by atoms with E-state index >= 15 is 0 Å². The molecule has 2 unspecified atom stereocenters. The van der Waals surface area contributed by atoms with E-state index in [0.29, 0.717) is 12.0 Å². The highest BCUT2D eigenvalue weighted by molar-refractivity contribution is 5.89. The maximum Gasteiger partial charge on any atom is 0.250 e. The molecule has 0 bridgehead atoms. The number of aryl methyl sites for hydroxylation is 2. The fourth-order valence-electron chi connectivity index (χ4n) is 5.01. The second kappa shape index (κ2) is 15.8. The summed E-state index contributed by atoms with van der Waals surface area (Å²) in [6.07, 6.45) is 8.40. The molecule has 222 valence electrons. The maximum absolute atomic E-state index is 14.1. The first-order valence-electron chi connectivity index (χ1n) is 14.1. The Morgan fingerprint density at radius 1 is 1.20 bits per heavy atom. The summed E-state index contributed by atoms with van der Waals surface area (Å²) < 4.78 is 28.3. The quantitative estimate of drug-likeness (QED) is 0.286. The van der Waals surface area contributed by atoms with Gasteiger partial charge in [0.1, 0.15) is 11.8 Å². The van der Waals surface area contributed by atoms with E-state index in [9.17, 15) is 23.5 Å². The summed E-state index contributed by atoms with van der Waals surface area (Å²) in [6, 6.07) is 7.27. The van der Waals surface area contributed by atoms with E-state index in [-0.39, 0.29) is 56.3 Å². The molecule has 1 heterocycles. The van der Waals surface area contributed by atoms with Crippen LogP contribution in [0.5, 0.6) is 5.75 Å². The smallest absolute Gasteiger partial charge is 0.250 e. The number of benzene rings is 1. The van der Waals surface area contributed by atoms with Gasteiger partial charge in [0, 0.05) is 51.8 Å². The van der Waals surface area contributed by atoms with Crippen LogP contribution in [0.2, 0.25) is 0 Å². The number of phenolic OH excluding ortho intramolecular Hbond substituents is 1. The third kappa shape index (κ3) is 9.66. The lowest BCUT2D eigenvalue weighted by molar-refractivity contribution is -0.146. The Balaban J connectivity index is 0.00000287. The molecule has 3 rings (SSSR count). The summed E-state index contributed by atoms with van der Waals surface area (Å²) in [5, 5.41) is 9.58. The molecule has 1 saturated carbocycles. The summed E-state index contributed by atoms with van der Waals surface area (Å²) in [5.74, 6) is -3.71. The summed E-state index contributed by atoms with van der Waals surface area (Å²) in [5.41, 5.74) is 2.95. The third-order valence-electron chi connectivity index (χ3n) is 7.14. The zero-order valence-corrected chi connectivity index (χ0v) is 24.7.